The third kappa shape index (κ3) is 3.78. The van der Waals surface area contributed by atoms with E-state index in [1.165, 1.54) is 0 Å². The molecule has 0 aliphatic carbocycles. The van der Waals surface area contributed by atoms with Crippen LogP contribution in [0.4, 0.5) is 5.69 Å². The Bertz CT molecular complexity index is 695. The summed E-state index contributed by atoms with van der Waals surface area (Å²) in [5, 5.41) is 12.3. The molecule has 108 valence electrons. The summed E-state index contributed by atoms with van der Waals surface area (Å²) in [7, 11) is 1.60. The number of halogens is 2. The van der Waals surface area contributed by atoms with Gasteiger partial charge in [0, 0.05) is 21.1 Å². The van der Waals surface area contributed by atoms with Crippen LogP contribution in [0.15, 0.2) is 45.3 Å². The van der Waals surface area contributed by atoms with Gasteiger partial charge in [-0.05, 0) is 36.8 Å². The summed E-state index contributed by atoms with van der Waals surface area (Å²) < 4.78 is 7.40. The second kappa shape index (κ2) is 6.97. The minimum atomic E-state index is 0.0920. The van der Waals surface area contributed by atoms with E-state index in [1.807, 2.05) is 18.2 Å². The molecule has 0 aromatic heterocycles. The van der Waals surface area contributed by atoms with Crippen molar-refractivity contribution in [1.82, 2.24) is 0 Å². The minimum absolute atomic E-state index is 0.0920. The third-order valence-corrected chi connectivity index (χ3v) is 4.31. The van der Waals surface area contributed by atoms with Gasteiger partial charge in [-0.2, -0.15) is 5.26 Å². The molecule has 0 aliphatic heterocycles. The highest BCUT2D eigenvalue weighted by atomic mass is 79.9. The van der Waals surface area contributed by atoms with Crippen molar-refractivity contribution >= 4 is 37.5 Å². The standard InChI is InChI=1S/C16H14Br2N2O/c1-10(13-5-4-12(17)8-14(13)18)20-15-6-3-11(9-19)7-16(15)21-2/h3-8,10,20H,1-2H3. The van der Waals surface area contributed by atoms with Crippen molar-refractivity contribution < 1.29 is 4.74 Å². The second-order valence-electron chi connectivity index (χ2n) is 4.56. The summed E-state index contributed by atoms with van der Waals surface area (Å²) >= 11 is 7.03. The van der Waals surface area contributed by atoms with Gasteiger partial charge in [-0.15, -0.1) is 0 Å². The molecule has 1 unspecified atom stereocenters. The number of nitrogens with zero attached hydrogens (tertiary/aromatic N) is 1. The highest BCUT2D eigenvalue weighted by molar-refractivity contribution is 9.11. The molecule has 1 atom stereocenters. The first-order valence-electron chi connectivity index (χ1n) is 6.34. The zero-order chi connectivity index (χ0) is 15.4. The molecule has 0 fully saturated rings. The Morgan fingerprint density at radius 3 is 2.57 bits per heavy atom. The van der Waals surface area contributed by atoms with E-state index < -0.39 is 0 Å². The molecule has 0 amide bonds. The number of nitrogens with one attached hydrogen (secondary N) is 1. The van der Waals surface area contributed by atoms with Crippen LogP contribution in [0, 0.1) is 11.3 Å². The maximum atomic E-state index is 8.93. The molecule has 2 aromatic rings. The number of benzene rings is 2. The van der Waals surface area contributed by atoms with Gasteiger partial charge >= 0.3 is 0 Å². The number of ether oxygens (including phenoxy) is 1. The normalized spacial score (nSPS) is 11.6. The van der Waals surface area contributed by atoms with Gasteiger partial charge in [0.2, 0.25) is 0 Å². The van der Waals surface area contributed by atoms with E-state index in [4.69, 9.17) is 10.00 Å². The lowest BCUT2D eigenvalue weighted by Gasteiger charge is -2.19. The molecule has 1 N–H and O–H groups in total. The lowest BCUT2D eigenvalue weighted by Crippen LogP contribution is -2.08. The third-order valence-electron chi connectivity index (χ3n) is 3.13. The fourth-order valence-corrected chi connectivity index (χ4v) is 3.43. The molecule has 0 heterocycles. The van der Waals surface area contributed by atoms with Crippen LogP contribution in [-0.4, -0.2) is 7.11 Å². The molecule has 0 spiro atoms. The average molecular weight is 410 g/mol. The van der Waals surface area contributed by atoms with Gasteiger partial charge in [0.05, 0.1) is 24.4 Å². The Balaban J connectivity index is 2.27. The Morgan fingerprint density at radius 2 is 1.95 bits per heavy atom. The molecular formula is C16H14Br2N2O. The zero-order valence-corrected chi connectivity index (χ0v) is 14.8. The first-order valence-corrected chi connectivity index (χ1v) is 7.93. The van der Waals surface area contributed by atoms with Gasteiger partial charge in [-0.25, -0.2) is 0 Å². The predicted molar refractivity (Wildman–Crippen MR) is 91.6 cm³/mol. The Kier molecular flexibility index (Phi) is 5.27. The Morgan fingerprint density at radius 1 is 1.19 bits per heavy atom. The predicted octanol–water partition coefficient (Wildman–Crippen LogP) is 5.26. The van der Waals surface area contributed by atoms with Gasteiger partial charge in [0.25, 0.3) is 0 Å². The van der Waals surface area contributed by atoms with Crippen molar-refractivity contribution in [3.05, 3.63) is 56.5 Å². The van der Waals surface area contributed by atoms with E-state index in [9.17, 15) is 0 Å². The van der Waals surface area contributed by atoms with Crippen molar-refractivity contribution in [3.8, 4) is 11.8 Å². The van der Waals surface area contributed by atoms with Gasteiger partial charge in [0.1, 0.15) is 5.75 Å². The van der Waals surface area contributed by atoms with Crippen molar-refractivity contribution in [1.29, 1.82) is 5.26 Å². The summed E-state index contributed by atoms with van der Waals surface area (Å²) in [6.45, 7) is 2.08. The summed E-state index contributed by atoms with van der Waals surface area (Å²) in [6.07, 6.45) is 0. The van der Waals surface area contributed by atoms with Crippen LogP contribution in [-0.2, 0) is 0 Å². The maximum absolute atomic E-state index is 8.93. The molecule has 2 rings (SSSR count). The van der Waals surface area contributed by atoms with E-state index in [1.54, 1.807) is 19.2 Å². The fraction of sp³-hybridized carbons (Fsp3) is 0.188. The zero-order valence-electron chi connectivity index (χ0n) is 11.7. The van der Waals surface area contributed by atoms with Crippen LogP contribution < -0.4 is 10.1 Å². The van der Waals surface area contributed by atoms with Crippen molar-refractivity contribution in [2.24, 2.45) is 0 Å². The van der Waals surface area contributed by atoms with E-state index >= 15 is 0 Å². The summed E-state index contributed by atoms with van der Waals surface area (Å²) in [5.74, 6) is 0.661. The van der Waals surface area contributed by atoms with Crippen LogP contribution in [0.3, 0.4) is 0 Å². The molecule has 0 bridgehead atoms. The average Bonchev–Trinajstić information content (AvgIpc) is 2.47. The second-order valence-corrected chi connectivity index (χ2v) is 6.33. The molecule has 3 nitrogen and oxygen atoms in total. The number of anilines is 1. The van der Waals surface area contributed by atoms with Crippen LogP contribution in [0.5, 0.6) is 5.75 Å². The van der Waals surface area contributed by atoms with Crippen molar-refractivity contribution in [2.45, 2.75) is 13.0 Å². The molecule has 0 aliphatic rings. The Hall–Kier alpha value is -1.51. The topological polar surface area (TPSA) is 45.0 Å². The van der Waals surface area contributed by atoms with E-state index in [2.05, 4.69) is 56.2 Å². The van der Waals surface area contributed by atoms with Crippen molar-refractivity contribution in [2.75, 3.05) is 12.4 Å². The molecular weight excluding hydrogens is 396 g/mol. The molecule has 0 radical (unpaired) electrons. The van der Waals surface area contributed by atoms with Gasteiger partial charge < -0.3 is 10.1 Å². The van der Waals surface area contributed by atoms with Crippen LogP contribution in [0.2, 0.25) is 0 Å². The lowest BCUT2D eigenvalue weighted by molar-refractivity contribution is 0.416. The van der Waals surface area contributed by atoms with E-state index in [0.29, 0.717) is 11.3 Å². The number of nitriles is 1. The lowest BCUT2D eigenvalue weighted by atomic mass is 10.1. The van der Waals surface area contributed by atoms with Crippen molar-refractivity contribution in [3.63, 3.8) is 0 Å². The smallest absolute Gasteiger partial charge is 0.143 e. The van der Waals surface area contributed by atoms with Gasteiger partial charge in [-0.1, -0.05) is 37.9 Å². The first kappa shape index (κ1) is 15.9. The molecule has 2 aromatic carbocycles. The highest BCUT2D eigenvalue weighted by Crippen LogP contribution is 2.32. The first-order chi connectivity index (χ1) is 10.0. The molecule has 0 saturated heterocycles. The monoisotopic (exact) mass is 408 g/mol. The number of hydrogen-bond donors (Lipinski definition) is 1. The number of methoxy groups -OCH3 is 1. The summed E-state index contributed by atoms with van der Waals surface area (Å²) in [4.78, 5) is 0. The van der Waals surface area contributed by atoms with Crippen LogP contribution in [0.25, 0.3) is 0 Å². The van der Waals surface area contributed by atoms with Crippen LogP contribution >= 0.6 is 31.9 Å². The fourth-order valence-electron chi connectivity index (χ4n) is 2.04. The van der Waals surface area contributed by atoms with Gasteiger partial charge in [-0.3, -0.25) is 0 Å². The summed E-state index contributed by atoms with van der Waals surface area (Å²) in [6, 6.07) is 13.6. The summed E-state index contributed by atoms with van der Waals surface area (Å²) in [5.41, 5.74) is 2.58. The minimum Gasteiger partial charge on any atom is -0.495 e. The molecule has 5 heteroatoms. The maximum Gasteiger partial charge on any atom is 0.143 e. The van der Waals surface area contributed by atoms with Crippen LogP contribution in [0.1, 0.15) is 24.1 Å². The molecule has 0 saturated carbocycles. The molecule has 21 heavy (non-hydrogen) atoms. The van der Waals surface area contributed by atoms with E-state index in [0.717, 1.165) is 20.2 Å². The number of rotatable bonds is 4. The largest absolute Gasteiger partial charge is 0.495 e. The van der Waals surface area contributed by atoms with Gasteiger partial charge in [0.15, 0.2) is 0 Å². The SMILES string of the molecule is COc1cc(C#N)ccc1NC(C)c1ccc(Br)cc1Br. The van der Waals surface area contributed by atoms with E-state index in [-0.39, 0.29) is 6.04 Å². The quantitative estimate of drug-likeness (QED) is 0.748. The Labute approximate surface area is 141 Å². The number of hydrogen-bond acceptors (Lipinski definition) is 3. The highest BCUT2D eigenvalue weighted by Gasteiger charge is 2.12.